The second-order valence-corrected chi connectivity index (χ2v) is 5.83. The number of rotatable bonds is 3. The van der Waals surface area contributed by atoms with Crippen LogP contribution in [0.2, 0.25) is 0 Å². The first-order chi connectivity index (χ1) is 9.57. The van der Waals surface area contributed by atoms with Crippen LogP contribution in [0.25, 0.3) is 0 Å². The summed E-state index contributed by atoms with van der Waals surface area (Å²) >= 11 is 0. The number of carboxylic acid groups (broad SMARTS) is 1. The van der Waals surface area contributed by atoms with Crippen LogP contribution in [-0.4, -0.2) is 35.9 Å². The van der Waals surface area contributed by atoms with Gasteiger partial charge >= 0.3 is 5.97 Å². The first kappa shape index (κ1) is 13.2. The highest BCUT2D eigenvalue weighted by atomic mass is 16.7. The summed E-state index contributed by atoms with van der Waals surface area (Å²) in [5.41, 5.74) is 0.610. The quantitative estimate of drug-likeness (QED) is 0.917. The third-order valence-electron chi connectivity index (χ3n) is 4.32. The summed E-state index contributed by atoms with van der Waals surface area (Å²) in [6, 6.07) is 5.98. The minimum absolute atomic E-state index is 0.291. The molecule has 3 rings (SSSR count). The van der Waals surface area contributed by atoms with Gasteiger partial charge in [-0.15, -0.1) is 0 Å². The minimum atomic E-state index is -0.680. The smallest absolute Gasteiger partial charge is 0.309 e. The van der Waals surface area contributed by atoms with E-state index in [1.54, 1.807) is 0 Å². The van der Waals surface area contributed by atoms with Crippen molar-refractivity contribution in [1.82, 2.24) is 4.90 Å². The van der Waals surface area contributed by atoms with Gasteiger partial charge in [-0.2, -0.15) is 0 Å². The number of aliphatic carboxylic acids is 1. The lowest BCUT2D eigenvalue weighted by molar-refractivity contribution is -0.150. The highest BCUT2D eigenvalue weighted by Gasteiger charge is 2.36. The average Bonchev–Trinajstić information content (AvgIpc) is 2.89. The monoisotopic (exact) mass is 277 g/mol. The van der Waals surface area contributed by atoms with Gasteiger partial charge in [-0.25, -0.2) is 0 Å². The van der Waals surface area contributed by atoms with E-state index in [1.807, 2.05) is 25.1 Å². The first-order valence-corrected chi connectivity index (χ1v) is 6.91. The Morgan fingerprint density at radius 3 is 2.70 bits per heavy atom. The van der Waals surface area contributed by atoms with E-state index < -0.39 is 11.4 Å². The first-order valence-electron chi connectivity index (χ1n) is 6.91. The SMILES string of the molecule is CC1(C(=O)O)CCN(Cc2ccc3c(c2)OCO3)CC1. The van der Waals surface area contributed by atoms with Crippen molar-refractivity contribution < 1.29 is 19.4 Å². The molecule has 1 fully saturated rings. The summed E-state index contributed by atoms with van der Waals surface area (Å²) in [4.78, 5) is 13.5. The van der Waals surface area contributed by atoms with Gasteiger partial charge in [0.05, 0.1) is 5.41 Å². The summed E-state index contributed by atoms with van der Waals surface area (Å²) in [5, 5.41) is 9.23. The van der Waals surface area contributed by atoms with Gasteiger partial charge in [0.25, 0.3) is 0 Å². The Bertz CT molecular complexity index is 521. The Labute approximate surface area is 118 Å². The number of hydrogen-bond donors (Lipinski definition) is 1. The van der Waals surface area contributed by atoms with Crippen LogP contribution >= 0.6 is 0 Å². The Hall–Kier alpha value is -1.75. The molecular formula is C15H19NO4. The maximum absolute atomic E-state index is 11.2. The van der Waals surface area contributed by atoms with Crippen LogP contribution in [0.5, 0.6) is 11.5 Å². The number of hydrogen-bond acceptors (Lipinski definition) is 4. The van der Waals surface area contributed by atoms with E-state index in [2.05, 4.69) is 4.90 Å². The number of ether oxygens (including phenoxy) is 2. The molecule has 2 aliphatic heterocycles. The van der Waals surface area contributed by atoms with Gasteiger partial charge in [-0.05, 0) is 50.6 Å². The molecule has 0 saturated carbocycles. The molecule has 108 valence electrons. The van der Waals surface area contributed by atoms with Crippen LogP contribution < -0.4 is 9.47 Å². The van der Waals surface area contributed by atoms with E-state index in [0.29, 0.717) is 19.6 Å². The largest absolute Gasteiger partial charge is 0.481 e. The Balaban J connectivity index is 1.61. The molecule has 5 nitrogen and oxygen atoms in total. The van der Waals surface area contributed by atoms with E-state index in [9.17, 15) is 9.90 Å². The number of carbonyl (C=O) groups is 1. The molecule has 0 amide bonds. The second-order valence-electron chi connectivity index (χ2n) is 5.83. The van der Waals surface area contributed by atoms with Crippen molar-refractivity contribution in [2.75, 3.05) is 19.9 Å². The van der Waals surface area contributed by atoms with Crippen molar-refractivity contribution in [1.29, 1.82) is 0 Å². The van der Waals surface area contributed by atoms with Crippen LogP contribution in [0.3, 0.4) is 0 Å². The molecule has 2 aliphatic rings. The molecule has 0 aliphatic carbocycles. The van der Waals surface area contributed by atoms with Gasteiger partial charge in [0, 0.05) is 6.54 Å². The van der Waals surface area contributed by atoms with E-state index >= 15 is 0 Å². The lowest BCUT2D eigenvalue weighted by atomic mass is 9.80. The lowest BCUT2D eigenvalue weighted by Gasteiger charge is -2.36. The van der Waals surface area contributed by atoms with Crippen molar-refractivity contribution in [2.45, 2.75) is 26.3 Å². The zero-order valence-corrected chi connectivity index (χ0v) is 11.6. The second kappa shape index (κ2) is 4.98. The maximum Gasteiger partial charge on any atom is 0.309 e. The standard InChI is InChI=1S/C15H19NO4/c1-15(14(17)18)4-6-16(7-5-15)9-11-2-3-12-13(8-11)20-10-19-12/h2-3,8H,4-7,9-10H2,1H3,(H,17,18). The Morgan fingerprint density at radius 2 is 2.00 bits per heavy atom. The Morgan fingerprint density at radius 1 is 1.30 bits per heavy atom. The van der Waals surface area contributed by atoms with E-state index in [1.165, 1.54) is 5.56 Å². The molecule has 5 heteroatoms. The van der Waals surface area contributed by atoms with Crippen molar-refractivity contribution in [3.8, 4) is 11.5 Å². The van der Waals surface area contributed by atoms with Crippen molar-refractivity contribution >= 4 is 5.97 Å². The number of fused-ring (bicyclic) bond motifs is 1. The van der Waals surface area contributed by atoms with Crippen LogP contribution in [0.15, 0.2) is 18.2 Å². The Kier molecular flexibility index (Phi) is 3.30. The third kappa shape index (κ3) is 2.45. The normalized spacial score (nSPS) is 20.9. The van der Waals surface area contributed by atoms with Crippen LogP contribution in [-0.2, 0) is 11.3 Å². The van der Waals surface area contributed by atoms with Gasteiger partial charge in [-0.1, -0.05) is 6.07 Å². The molecule has 2 heterocycles. The van der Waals surface area contributed by atoms with E-state index in [0.717, 1.165) is 31.1 Å². The lowest BCUT2D eigenvalue weighted by Crippen LogP contribution is -2.42. The third-order valence-corrected chi connectivity index (χ3v) is 4.32. The fourth-order valence-corrected chi connectivity index (χ4v) is 2.72. The zero-order valence-electron chi connectivity index (χ0n) is 11.6. The van der Waals surface area contributed by atoms with Gasteiger partial charge < -0.3 is 14.6 Å². The highest BCUT2D eigenvalue weighted by molar-refractivity contribution is 5.74. The fourth-order valence-electron chi connectivity index (χ4n) is 2.72. The van der Waals surface area contributed by atoms with Gasteiger partial charge in [0.2, 0.25) is 6.79 Å². The molecule has 1 saturated heterocycles. The molecule has 0 atom stereocenters. The van der Waals surface area contributed by atoms with Crippen molar-refractivity contribution in [3.05, 3.63) is 23.8 Å². The van der Waals surface area contributed by atoms with Gasteiger partial charge in [0.15, 0.2) is 11.5 Å². The molecule has 20 heavy (non-hydrogen) atoms. The van der Waals surface area contributed by atoms with Crippen molar-refractivity contribution in [2.24, 2.45) is 5.41 Å². The van der Waals surface area contributed by atoms with E-state index in [4.69, 9.17) is 9.47 Å². The number of benzene rings is 1. The van der Waals surface area contributed by atoms with Gasteiger partial charge in [-0.3, -0.25) is 9.69 Å². The topological polar surface area (TPSA) is 59.0 Å². The number of carboxylic acids is 1. The molecule has 1 aromatic carbocycles. The molecule has 0 radical (unpaired) electrons. The predicted molar refractivity (Wildman–Crippen MR) is 72.8 cm³/mol. The van der Waals surface area contributed by atoms with Crippen LogP contribution in [0.4, 0.5) is 0 Å². The number of likely N-dealkylation sites (tertiary alicyclic amines) is 1. The summed E-state index contributed by atoms with van der Waals surface area (Å²) in [6.45, 7) is 4.59. The summed E-state index contributed by atoms with van der Waals surface area (Å²) in [6.07, 6.45) is 1.40. The molecule has 0 bridgehead atoms. The van der Waals surface area contributed by atoms with Crippen molar-refractivity contribution in [3.63, 3.8) is 0 Å². The molecule has 1 N–H and O–H groups in total. The average molecular weight is 277 g/mol. The molecule has 0 unspecified atom stereocenters. The molecular weight excluding hydrogens is 258 g/mol. The summed E-state index contributed by atoms with van der Waals surface area (Å²) in [7, 11) is 0. The van der Waals surface area contributed by atoms with E-state index in [-0.39, 0.29) is 0 Å². The minimum Gasteiger partial charge on any atom is -0.481 e. The molecule has 0 spiro atoms. The molecule has 1 aromatic rings. The maximum atomic E-state index is 11.2. The highest BCUT2D eigenvalue weighted by Crippen LogP contribution is 2.34. The van der Waals surface area contributed by atoms with Crippen LogP contribution in [0.1, 0.15) is 25.3 Å². The number of piperidine rings is 1. The fraction of sp³-hybridized carbons (Fsp3) is 0.533. The van der Waals surface area contributed by atoms with Crippen LogP contribution in [0, 0.1) is 5.41 Å². The number of nitrogens with zero attached hydrogens (tertiary/aromatic N) is 1. The molecule has 0 aromatic heterocycles. The summed E-state index contributed by atoms with van der Waals surface area (Å²) < 4.78 is 10.7. The zero-order chi connectivity index (χ0) is 14.2. The van der Waals surface area contributed by atoms with Gasteiger partial charge in [0.1, 0.15) is 0 Å². The summed E-state index contributed by atoms with van der Waals surface area (Å²) in [5.74, 6) is 0.918. The predicted octanol–water partition coefficient (Wildman–Crippen LogP) is 2.10.